The van der Waals surface area contributed by atoms with Gasteiger partial charge in [-0.15, -0.1) is 0 Å². The van der Waals surface area contributed by atoms with Crippen LogP contribution >= 0.6 is 0 Å². The molecule has 0 bridgehead atoms. The minimum Gasteiger partial charge on any atom is -0.319 e. The minimum atomic E-state index is 0.392. The molecule has 17 heavy (non-hydrogen) atoms. The van der Waals surface area contributed by atoms with Crippen molar-refractivity contribution in [3.63, 3.8) is 0 Å². The van der Waals surface area contributed by atoms with E-state index in [1.54, 1.807) is 0 Å². The predicted octanol–water partition coefficient (Wildman–Crippen LogP) is 2.99. The molecule has 1 N–H and O–H groups in total. The lowest BCUT2D eigenvalue weighted by atomic mass is 9.75. The van der Waals surface area contributed by atoms with Gasteiger partial charge < -0.3 is 10.2 Å². The lowest BCUT2D eigenvalue weighted by Crippen LogP contribution is -2.44. The van der Waals surface area contributed by atoms with Crippen molar-refractivity contribution in [2.45, 2.75) is 47.5 Å². The number of rotatable bonds is 4. The van der Waals surface area contributed by atoms with E-state index in [2.05, 4.69) is 44.8 Å². The summed E-state index contributed by atoms with van der Waals surface area (Å²) >= 11 is 0. The van der Waals surface area contributed by atoms with Crippen LogP contribution in [0.4, 0.5) is 0 Å². The summed E-state index contributed by atoms with van der Waals surface area (Å²) in [5, 5.41) is 3.30. The fraction of sp³-hybridized carbons (Fsp3) is 1.00. The molecule has 0 aromatic rings. The molecule has 0 spiro atoms. The standard InChI is InChI=1S/C15H32N2/c1-14(2,3)13-7-9-17(10-8-13)12-15(4,5)11-16-6/h13,16H,7-12H2,1-6H3. The second-order valence-corrected chi connectivity index (χ2v) is 7.61. The van der Waals surface area contributed by atoms with Crippen molar-refractivity contribution in [3.8, 4) is 0 Å². The number of nitrogens with one attached hydrogen (secondary N) is 1. The molecule has 1 saturated heterocycles. The average molecular weight is 240 g/mol. The topological polar surface area (TPSA) is 15.3 Å². The van der Waals surface area contributed by atoms with Gasteiger partial charge in [-0.2, -0.15) is 0 Å². The second kappa shape index (κ2) is 5.71. The van der Waals surface area contributed by atoms with Crippen molar-refractivity contribution in [1.29, 1.82) is 0 Å². The first-order valence-corrected chi connectivity index (χ1v) is 7.11. The van der Waals surface area contributed by atoms with E-state index in [1.807, 2.05) is 7.05 Å². The summed E-state index contributed by atoms with van der Waals surface area (Å²) in [6, 6.07) is 0. The summed E-state index contributed by atoms with van der Waals surface area (Å²) in [7, 11) is 2.05. The summed E-state index contributed by atoms with van der Waals surface area (Å²) < 4.78 is 0. The van der Waals surface area contributed by atoms with Crippen molar-refractivity contribution in [2.75, 3.05) is 33.2 Å². The molecule has 0 aromatic heterocycles. The normalized spacial score (nSPS) is 20.8. The minimum absolute atomic E-state index is 0.392. The number of likely N-dealkylation sites (tertiary alicyclic amines) is 1. The molecule has 0 unspecified atom stereocenters. The van der Waals surface area contributed by atoms with Crippen LogP contribution in [0.15, 0.2) is 0 Å². The molecule has 0 aliphatic carbocycles. The zero-order chi connectivity index (χ0) is 13.1. The molecule has 2 nitrogen and oxygen atoms in total. The van der Waals surface area contributed by atoms with Crippen LogP contribution < -0.4 is 5.32 Å². The van der Waals surface area contributed by atoms with Gasteiger partial charge in [0, 0.05) is 13.1 Å². The van der Waals surface area contributed by atoms with Gasteiger partial charge in [0.2, 0.25) is 0 Å². The highest BCUT2D eigenvalue weighted by Crippen LogP contribution is 2.34. The van der Waals surface area contributed by atoms with Crippen molar-refractivity contribution < 1.29 is 0 Å². The van der Waals surface area contributed by atoms with E-state index in [1.165, 1.54) is 32.5 Å². The largest absolute Gasteiger partial charge is 0.319 e. The third kappa shape index (κ3) is 4.97. The highest BCUT2D eigenvalue weighted by atomic mass is 15.1. The predicted molar refractivity (Wildman–Crippen MR) is 76.3 cm³/mol. The third-order valence-electron chi connectivity index (χ3n) is 4.12. The van der Waals surface area contributed by atoms with Crippen molar-refractivity contribution >= 4 is 0 Å². The number of nitrogens with zero attached hydrogens (tertiary/aromatic N) is 1. The van der Waals surface area contributed by atoms with E-state index >= 15 is 0 Å². The van der Waals surface area contributed by atoms with E-state index in [0.717, 1.165) is 12.5 Å². The zero-order valence-corrected chi connectivity index (χ0v) is 12.8. The summed E-state index contributed by atoms with van der Waals surface area (Å²) in [4.78, 5) is 2.65. The number of hydrogen-bond donors (Lipinski definition) is 1. The Balaban J connectivity index is 2.37. The maximum atomic E-state index is 3.30. The Hall–Kier alpha value is -0.0800. The van der Waals surface area contributed by atoms with Crippen LogP contribution in [0, 0.1) is 16.7 Å². The summed E-state index contributed by atoms with van der Waals surface area (Å²) in [6.45, 7) is 16.8. The fourth-order valence-corrected chi connectivity index (χ4v) is 3.10. The van der Waals surface area contributed by atoms with Gasteiger partial charge in [0.25, 0.3) is 0 Å². The monoisotopic (exact) mass is 240 g/mol. The van der Waals surface area contributed by atoms with Crippen LogP contribution in [0.3, 0.4) is 0 Å². The first-order valence-electron chi connectivity index (χ1n) is 7.11. The van der Waals surface area contributed by atoms with E-state index in [9.17, 15) is 0 Å². The van der Waals surface area contributed by atoms with Crippen LogP contribution in [0.1, 0.15) is 47.5 Å². The first-order chi connectivity index (χ1) is 7.74. The average Bonchev–Trinajstić information content (AvgIpc) is 2.16. The van der Waals surface area contributed by atoms with Gasteiger partial charge in [0.05, 0.1) is 0 Å². The Morgan fingerprint density at radius 2 is 1.59 bits per heavy atom. The van der Waals surface area contributed by atoms with Gasteiger partial charge in [-0.3, -0.25) is 0 Å². The second-order valence-electron chi connectivity index (χ2n) is 7.61. The molecule has 1 aliphatic heterocycles. The molecule has 0 aromatic carbocycles. The molecule has 1 fully saturated rings. The van der Waals surface area contributed by atoms with E-state index in [4.69, 9.17) is 0 Å². The van der Waals surface area contributed by atoms with E-state index < -0.39 is 0 Å². The van der Waals surface area contributed by atoms with Gasteiger partial charge in [-0.1, -0.05) is 34.6 Å². The summed E-state index contributed by atoms with van der Waals surface area (Å²) in [6.07, 6.45) is 2.75. The Kier molecular flexibility index (Phi) is 5.03. The molecule has 1 aliphatic rings. The SMILES string of the molecule is CNCC(C)(C)CN1CCC(C(C)(C)C)CC1. The van der Waals surface area contributed by atoms with Crippen LogP contribution in [0.25, 0.3) is 0 Å². The third-order valence-corrected chi connectivity index (χ3v) is 4.12. The number of hydrogen-bond acceptors (Lipinski definition) is 2. The lowest BCUT2D eigenvalue weighted by molar-refractivity contribution is 0.0847. The highest BCUT2D eigenvalue weighted by molar-refractivity contribution is 4.83. The lowest BCUT2D eigenvalue weighted by Gasteiger charge is -2.41. The van der Waals surface area contributed by atoms with E-state index in [-0.39, 0.29) is 0 Å². The molecule has 0 radical (unpaired) electrons. The summed E-state index contributed by atoms with van der Waals surface area (Å²) in [5.74, 6) is 0.908. The van der Waals surface area contributed by atoms with Gasteiger partial charge in [0.1, 0.15) is 0 Å². The molecule has 0 amide bonds. The number of piperidine rings is 1. The Bertz CT molecular complexity index is 220. The highest BCUT2D eigenvalue weighted by Gasteiger charge is 2.30. The Labute approximate surface area is 108 Å². The fourth-order valence-electron chi connectivity index (χ4n) is 3.10. The van der Waals surface area contributed by atoms with Crippen molar-refractivity contribution in [2.24, 2.45) is 16.7 Å². The van der Waals surface area contributed by atoms with Crippen LogP contribution in [0.2, 0.25) is 0 Å². The molecular weight excluding hydrogens is 208 g/mol. The Morgan fingerprint density at radius 3 is 2.00 bits per heavy atom. The maximum Gasteiger partial charge on any atom is 0.00448 e. The molecule has 102 valence electrons. The van der Waals surface area contributed by atoms with Gasteiger partial charge in [-0.25, -0.2) is 0 Å². The van der Waals surface area contributed by atoms with Gasteiger partial charge >= 0.3 is 0 Å². The quantitative estimate of drug-likeness (QED) is 0.812. The molecule has 1 rings (SSSR count). The first kappa shape index (κ1) is 15.0. The van der Waals surface area contributed by atoms with Crippen LogP contribution in [-0.4, -0.2) is 38.1 Å². The molecular formula is C15H32N2. The molecule has 2 heteroatoms. The summed E-state index contributed by atoms with van der Waals surface area (Å²) in [5.41, 5.74) is 0.885. The molecule has 1 heterocycles. The van der Waals surface area contributed by atoms with Crippen molar-refractivity contribution in [1.82, 2.24) is 10.2 Å². The smallest absolute Gasteiger partial charge is 0.00448 e. The van der Waals surface area contributed by atoms with Crippen LogP contribution in [-0.2, 0) is 0 Å². The Morgan fingerprint density at radius 1 is 1.06 bits per heavy atom. The van der Waals surface area contributed by atoms with Crippen molar-refractivity contribution in [3.05, 3.63) is 0 Å². The molecule has 0 saturated carbocycles. The van der Waals surface area contributed by atoms with E-state index in [0.29, 0.717) is 10.8 Å². The molecule has 0 atom stereocenters. The van der Waals surface area contributed by atoms with Gasteiger partial charge in [0.15, 0.2) is 0 Å². The zero-order valence-electron chi connectivity index (χ0n) is 12.8. The maximum absolute atomic E-state index is 3.30. The van der Waals surface area contributed by atoms with Gasteiger partial charge in [-0.05, 0) is 49.7 Å². The van der Waals surface area contributed by atoms with Crippen LogP contribution in [0.5, 0.6) is 0 Å².